The van der Waals surface area contributed by atoms with E-state index in [2.05, 4.69) is 4.98 Å². The Labute approximate surface area is 188 Å². The largest absolute Gasteiger partial charge is 0.494 e. The van der Waals surface area contributed by atoms with Gasteiger partial charge < -0.3 is 24.5 Å². The fourth-order valence-corrected chi connectivity index (χ4v) is 3.98. The molecule has 2 heterocycles. The van der Waals surface area contributed by atoms with E-state index >= 15 is 0 Å². The molecule has 1 aliphatic heterocycles. The van der Waals surface area contributed by atoms with Crippen molar-refractivity contribution >= 4 is 23.0 Å². The van der Waals surface area contributed by atoms with Gasteiger partial charge in [-0.15, -0.1) is 0 Å². The zero-order valence-corrected chi connectivity index (χ0v) is 19.2. The number of nitrogens with zero attached hydrogens (tertiary/aromatic N) is 2. The van der Waals surface area contributed by atoms with Crippen LogP contribution < -0.4 is 10.5 Å². The molecule has 0 radical (unpaired) electrons. The lowest BCUT2D eigenvalue weighted by Crippen LogP contribution is -2.25. The molecular weight excluding hydrogens is 406 g/mol. The zero-order chi connectivity index (χ0) is 22.9. The predicted octanol–water partition coefficient (Wildman–Crippen LogP) is 4.93. The van der Waals surface area contributed by atoms with Gasteiger partial charge in [-0.2, -0.15) is 0 Å². The number of fused-ring (bicyclic) bond motifs is 1. The number of nitrogens with two attached hydrogens (primary N) is 1. The number of imidazole rings is 1. The Bertz CT molecular complexity index is 1120. The number of esters is 1. The van der Waals surface area contributed by atoms with Crippen molar-refractivity contribution in [3.8, 4) is 5.75 Å². The summed E-state index contributed by atoms with van der Waals surface area (Å²) in [5.74, 6) is 2.62. The minimum Gasteiger partial charge on any atom is -0.494 e. The van der Waals surface area contributed by atoms with Gasteiger partial charge in [0.2, 0.25) is 5.95 Å². The minimum absolute atomic E-state index is 0.0239. The molecule has 170 valence electrons. The van der Waals surface area contributed by atoms with Crippen molar-refractivity contribution in [2.24, 2.45) is 7.05 Å². The maximum atomic E-state index is 12.0. The molecule has 0 fully saturated rings. The van der Waals surface area contributed by atoms with Crippen molar-refractivity contribution in [1.82, 2.24) is 9.55 Å². The third-order valence-corrected chi connectivity index (χ3v) is 5.53. The van der Waals surface area contributed by atoms with E-state index in [1.165, 1.54) is 0 Å². The quantitative estimate of drug-likeness (QED) is 0.667. The van der Waals surface area contributed by atoms with Crippen LogP contribution in [-0.2, 0) is 21.3 Å². The molecule has 1 aliphatic carbocycles. The lowest BCUT2D eigenvalue weighted by molar-refractivity contribution is -0.155. The average molecular weight is 438 g/mol. The van der Waals surface area contributed by atoms with Crippen LogP contribution in [0.2, 0.25) is 0 Å². The highest BCUT2D eigenvalue weighted by Gasteiger charge is 2.24. The molecule has 2 aromatic rings. The van der Waals surface area contributed by atoms with Crippen molar-refractivity contribution in [1.29, 1.82) is 0 Å². The van der Waals surface area contributed by atoms with Gasteiger partial charge in [0.05, 0.1) is 11.6 Å². The smallest absolute Gasteiger partial charge is 0.306 e. The molecular formula is C25H31N3O4. The Morgan fingerprint density at radius 1 is 1.34 bits per heavy atom. The summed E-state index contributed by atoms with van der Waals surface area (Å²) in [6.07, 6.45) is 9.51. The third kappa shape index (κ3) is 4.98. The molecule has 2 aliphatic rings. The molecule has 0 saturated heterocycles. The molecule has 7 heteroatoms. The first-order valence-electron chi connectivity index (χ1n) is 11.1. The number of carbonyl (C=O) groups excluding carboxylic acids is 1. The second-order valence-electron chi connectivity index (χ2n) is 9.26. The van der Waals surface area contributed by atoms with Gasteiger partial charge >= 0.3 is 5.97 Å². The second-order valence-corrected chi connectivity index (χ2v) is 9.26. The van der Waals surface area contributed by atoms with E-state index in [0.717, 1.165) is 41.0 Å². The summed E-state index contributed by atoms with van der Waals surface area (Å²) in [5, 5.41) is 0. The van der Waals surface area contributed by atoms with Crippen LogP contribution in [0.15, 0.2) is 53.5 Å². The first-order chi connectivity index (χ1) is 15.2. The van der Waals surface area contributed by atoms with Crippen molar-refractivity contribution in [3.05, 3.63) is 53.5 Å². The van der Waals surface area contributed by atoms with E-state index in [0.29, 0.717) is 31.0 Å². The van der Waals surface area contributed by atoms with Gasteiger partial charge in [-0.25, -0.2) is 4.98 Å². The Morgan fingerprint density at radius 2 is 2.16 bits per heavy atom. The van der Waals surface area contributed by atoms with Crippen LogP contribution in [0.3, 0.4) is 0 Å². The Kier molecular flexibility index (Phi) is 6.00. The van der Waals surface area contributed by atoms with Crippen LogP contribution in [0, 0.1) is 0 Å². The normalized spacial score (nSPS) is 18.6. The van der Waals surface area contributed by atoms with E-state index in [1.807, 2.05) is 68.8 Å². The van der Waals surface area contributed by atoms with Crippen molar-refractivity contribution < 1.29 is 19.0 Å². The first-order valence-corrected chi connectivity index (χ1v) is 11.1. The van der Waals surface area contributed by atoms with Gasteiger partial charge in [-0.3, -0.25) is 4.79 Å². The molecule has 0 amide bonds. The number of nitrogen functional groups attached to an aromatic ring is 1. The summed E-state index contributed by atoms with van der Waals surface area (Å²) in [7, 11) is 1.88. The topological polar surface area (TPSA) is 88.6 Å². The molecule has 7 nitrogen and oxygen atoms in total. The molecule has 0 saturated carbocycles. The highest BCUT2D eigenvalue weighted by molar-refractivity contribution is 5.84. The van der Waals surface area contributed by atoms with Crippen LogP contribution in [0.1, 0.15) is 52.9 Å². The molecule has 1 atom stereocenters. The van der Waals surface area contributed by atoms with Crippen LogP contribution in [-0.4, -0.2) is 27.2 Å². The number of carbonyl (C=O) groups is 1. The van der Waals surface area contributed by atoms with Gasteiger partial charge in [0.1, 0.15) is 22.6 Å². The van der Waals surface area contributed by atoms with E-state index < -0.39 is 5.60 Å². The third-order valence-electron chi connectivity index (χ3n) is 5.53. The molecule has 1 aromatic carbocycles. The number of benzene rings is 1. The monoisotopic (exact) mass is 437 g/mol. The molecule has 0 bridgehead atoms. The first kappa shape index (κ1) is 22.0. The maximum absolute atomic E-state index is 12.0. The van der Waals surface area contributed by atoms with Crippen LogP contribution in [0.4, 0.5) is 5.95 Å². The Hall–Kier alpha value is -3.22. The van der Waals surface area contributed by atoms with E-state index in [9.17, 15) is 4.79 Å². The summed E-state index contributed by atoms with van der Waals surface area (Å²) >= 11 is 0. The average Bonchev–Trinajstić information content (AvgIpc) is 2.89. The number of anilines is 1. The number of ether oxygens (including phenoxy) is 3. The number of rotatable bonds is 5. The van der Waals surface area contributed by atoms with Crippen molar-refractivity contribution in [2.75, 3.05) is 5.73 Å². The lowest BCUT2D eigenvalue weighted by atomic mass is 9.98. The summed E-state index contributed by atoms with van der Waals surface area (Å²) in [5.41, 5.74) is 8.30. The van der Waals surface area contributed by atoms with Crippen LogP contribution in [0.5, 0.6) is 5.75 Å². The number of aromatic nitrogens is 2. The summed E-state index contributed by atoms with van der Waals surface area (Å²) in [6, 6.07) is 5.80. The molecule has 2 N–H and O–H groups in total. The fraction of sp³-hybridized carbons (Fsp3) is 0.440. The lowest BCUT2D eigenvalue weighted by Gasteiger charge is -2.27. The second kappa shape index (κ2) is 8.73. The van der Waals surface area contributed by atoms with Gasteiger partial charge in [0.25, 0.3) is 0 Å². The summed E-state index contributed by atoms with van der Waals surface area (Å²) in [6.45, 7) is 5.64. The van der Waals surface area contributed by atoms with E-state index in [4.69, 9.17) is 19.9 Å². The molecule has 32 heavy (non-hydrogen) atoms. The van der Waals surface area contributed by atoms with Gasteiger partial charge in [-0.1, -0.05) is 12.1 Å². The number of para-hydroxylation sites is 1. The fourth-order valence-electron chi connectivity index (χ4n) is 3.98. The molecule has 0 spiro atoms. The molecule has 1 unspecified atom stereocenters. The zero-order valence-electron chi connectivity index (χ0n) is 19.2. The van der Waals surface area contributed by atoms with Crippen LogP contribution in [0.25, 0.3) is 11.0 Å². The highest BCUT2D eigenvalue weighted by Crippen LogP contribution is 2.34. The van der Waals surface area contributed by atoms with E-state index in [-0.39, 0.29) is 12.1 Å². The Balaban J connectivity index is 1.44. The highest BCUT2D eigenvalue weighted by atomic mass is 16.6. The minimum atomic E-state index is -0.460. The number of hydrogen-bond donors (Lipinski definition) is 1. The number of allylic oxidation sites excluding steroid dienone is 4. The molecule has 4 rings (SSSR count). The van der Waals surface area contributed by atoms with E-state index in [1.54, 1.807) is 0 Å². The SMILES string of the molecule is Cn1c(N)nc2c(OC3=CC4=C(CC=C3)OC(CCC(=O)OC(C)(C)C)CC4)cccc21. The van der Waals surface area contributed by atoms with Gasteiger partial charge in [-0.05, 0) is 69.9 Å². The number of hydrogen-bond acceptors (Lipinski definition) is 6. The van der Waals surface area contributed by atoms with Crippen molar-refractivity contribution in [2.45, 2.75) is 64.6 Å². The summed E-state index contributed by atoms with van der Waals surface area (Å²) in [4.78, 5) is 16.5. The Morgan fingerprint density at radius 3 is 2.94 bits per heavy atom. The van der Waals surface area contributed by atoms with Crippen molar-refractivity contribution in [3.63, 3.8) is 0 Å². The maximum Gasteiger partial charge on any atom is 0.306 e. The number of aryl methyl sites for hydroxylation is 1. The van der Waals surface area contributed by atoms with Gasteiger partial charge in [0.15, 0.2) is 5.75 Å². The summed E-state index contributed by atoms with van der Waals surface area (Å²) < 4.78 is 19.7. The van der Waals surface area contributed by atoms with Crippen LogP contribution >= 0.6 is 0 Å². The molecule has 1 aromatic heterocycles. The van der Waals surface area contributed by atoms with Gasteiger partial charge in [0, 0.05) is 19.9 Å². The predicted molar refractivity (Wildman–Crippen MR) is 124 cm³/mol. The standard InChI is InChI=1S/C25H31N3O4/c1-25(2,3)32-22(29)14-13-17-12-11-16-15-18(7-5-9-20(16)30-17)31-21-10-6-8-19-23(21)27-24(26)28(19)4/h5-8,10,15,17H,9,11-14H2,1-4H3,(H2,26,27).